The fourth-order valence-corrected chi connectivity index (χ4v) is 4.57. The molecular formula is C29H38N2O7. The highest BCUT2D eigenvalue weighted by Crippen LogP contribution is 2.31. The number of ether oxygens (including phenoxy) is 4. The molecule has 3 rings (SSSR count). The molecular weight excluding hydrogens is 488 g/mol. The quantitative estimate of drug-likeness (QED) is 0.486. The zero-order valence-electron chi connectivity index (χ0n) is 22.8. The maximum atomic E-state index is 13.2. The van der Waals surface area contributed by atoms with Crippen LogP contribution in [0.2, 0.25) is 0 Å². The van der Waals surface area contributed by atoms with Crippen molar-refractivity contribution >= 4 is 17.8 Å². The van der Waals surface area contributed by atoms with Gasteiger partial charge in [-0.05, 0) is 44.1 Å². The second kappa shape index (κ2) is 13.9. The molecule has 1 aromatic carbocycles. The van der Waals surface area contributed by atoms with Crippen molar-refractivity contribution in [3.05, 3.63) is 53.9 Å². The number of rotatable bonds is 9. The number of benzene rings is 1. The second-order valence-electron chi connectivity index (χ2n) is 10.0. The molecule has 1 amide bonds. The molecule has 0 bridgehead atoms. The lowest BCUT2D eigenvalue weighted by atomic mass is 9.87. The Kier molecular flexibility index (Phi) is 10.6. The molecule has 1 N–H and O–H groups in total. The summed E-state index contributed by atoms with van der Waals surface area (Å²) in [5, 5.41) is 2.73. The topological polar surface area (TPSA) is 113 Å². The average molecular weight is 527 g/mol. The molecule has 0 spiro atoms. The van der Waals surface area contributed by atoms with Gasteiger partial charge in [0.1, 0.15) is 12.1 Å². The number of nitrogens with one attached hydrogen (secondary N) is 1. The molecule has 2 aromatic rings. The highest BCUT2D eigenvalue weighted by atomic mass is 16.6. The second-order valence-corrected chi connectivity index (χ2v) is 10.0. The maximum Gasteiger partial charge on any atom is 0.328 e. The SMILES string of the molecule is COc1ccnc(C(=O)NC2CCCC(OCC(C)C)C(Cc3ccccc3)C(C)OC2=O)c1OC(C)=O. The van der Waals surface area contributed by atoms with E-state index < -0.39 is 30.0 Å². The summed E-state index contributed by atoms with van der Waals surface area (Å²) >= 11 is 0. The molecule has 0 aliphatic carbocycles. The van der Waals surface area contributed by atoms with Crippen LogP contribution in [0, 0.1) is 11.8 Å². The Morgan fingerprint density at radius 2 is 1.89 bits per heavy atom. The number of carbonyl (C=O) groups is 3. The summed E-state index contributed by atoms with van der Waals surface area (Å²) in [5.41, 5.74) is 0.991. The number of hydrogen-bond acceptors (Lipinski definition) is 8. The van der Waals surface area contributed by atoms with E-state index in [4.69, 9.17) is 18.9 Å². The van der Waals surface area contributed by atoms with Crippen LogP contribution in [0.3, 0.4) is 0 Å². The van der Waals surface area contributed by atoms with E-state index >= 15 is 0 Å². The van der Waals surface area contributed by atoms with Gasteiger partial charge in [-0.25, -0.2) is 9.78 Å². The molecule has 9 heteroatoms. The molecule has 4 atom stereocenters. The Morgan fingerprint density at radius 3 is 2.55 bits per heavy atom. The van der Waals surface area contributed by atoms with Gasteiger partial charge in [0.25, 0.3) is 5.91 Å². The van der Waals surface area contributed by atoms with Crippen molar-refractivity contribution in [2.24, 2.45) is 11.8 Å². The lowest BCUT2D eigenvalue weighted by Crippen LogP contribution is -2.44. The van der Waals surface area contributed by atoms with Crippen LogP contribution in [0.1, 0.15) is 63.0 Å². The summed E-state index contributed by atoms with van der Waals surface area (Å²) < 4.78 is 22.7. The Morgan fingerprint density at radius 1 is 1.16 bits per heavy atom. The van der Waals surface area contributed by atoms with Gasteiger partial charge in [0.05, 0.1) is 13.2 Å². The maximum absolute atomic E-state index is 13.2. The number of aromatic nitrogens is 1. The number of pyridine rings is 1. The van der Waals surface area contributed by atoms with Gasteiger partial charge < -0.3 is 24.3 Å². The van der Waals surface area contributed by atoms with Crippen LogP contribution in [0.15, 0.2) is 42.6 Å². The summed E-state index contributed by atoms with van der Waals surface area (Å²) in [6.07, 6.45) is 3.25. The molecule has 0 saturated carbocycles. The van der Waals surface area contributed by atoms with Crippen molar-refractivity contribution < 1.29 is 33.3 Å². The summed E-state index contributed by atoms with van der Waals surface area (Å²) in [7, 11) is 1.39. The lowest BCUT2D eigenvalue weighted by Gasteiger charge is -2.32. The van der Waals surface area contributed by atoms with Gasteiger partial charge in [0, 0.05) is 31.7 Å². The van der Waals surface area contributed by atoms with Crippen LogP contribution in [-0.2, 0) is 25.5 Å². The number of nitrogens with zero attached hydrogens (tertiary/aromatic N) is 1. The summed E-state index contributed by atoms with van der Waals surface area (Å²) in [6.45, 7) is 7.91. The van der Waals surface area contributed by atoms with Gasteiger partial charge in [0.15, 0.2) is 11.4 Å². The number of hydrogen-bond donors (Lipinski definition) is 1. The Labute approximate surface area is 224 Å². The third-order valence-electron chi connectivity index (χ3n) is 6.46. The van der Waals surface area contributed by atoms with Gasteiger partial charge in [-0.3, -0.25) is 9.59 Å². The highest BCUT2D eigenvalue weighted by Gasteiger charge is 2.35. The van der Waals surface area contributed by atoms with E-state index in [1.54, 1.807) is 0 Å². The van der Waals surface area contributed by atoms with Crippen LogP contribution in [0.25, 0.3) is 0 Å². The van der Waals surface area contributed by atoms with E-state index in [1.807, 2.05) is 25.1 Å². The number of carbonyl (C=O) groups excluding carboxylic acids is 3. The van der Waals surface area contributed by atoms with Gasteiger partial charge in [-0.1, -0.05) is 44.2 Å². The molecule has 1 aliphatic heterocycles. The van der Waals surface area contributed by atoms with E-state index in [-0.39, 0.29) is 29.2 Å². The van der Waals surface area contributed by atoms with E-state index in [1.165, 1.54) is 26.3 Å². The number of methoxy groups -OCH3 is 1. The largest absolute Gasteiger partial charge is 0.493 e. The van der Waals surface area contributed by atoms with E-state index in [0.717, 1.165) is 5.56 Å². The third kappa shape index (κ3) is 8.02. The Bertz CT molecular complexity index is 1090. The minimum Gasteiger partial charge on any atom is -0.493 e. The zero-order valence-corrected chi connectivity index (χ0v) is 22.8. The van der Waals surface area contributed by atoms with E-state index in [9.17, 15) is 14.4 Å². The molecule has 1 saturated heterocycles. The molecule has 0 radical (unpaired) electrons. The van der Waals surface area contributed by atoms with Crippen LogP contribution in [-0.4, -0.2) is 54.8 Å². The normalized spacial score (nSPS) is 22.0. The van der Waals surface area contributed by atoms with Gasteiger partial charge in [-0.2, -0.15) is 0 Å². The molecule has 1 aliphatic rings. The minimum atomic E-state index is -0.899. The molecule has 4 unspecified atom stereocenters. The van der Waals surface area contributed by atoms with Gasteiger partial charge in [0.2, 0.25) is 5.75 Å². The first-order valence-electron chi connectivity index (χ1n) is 13.1. The van der Waals surface area contributed by atoms with Crippen molar-refractivity contribution in [2.45, 2.75) is 71.6 Å². The van der Waals surface area contributed by atoms with Crippen LogP contribution in [0.5, 0.6) is 11.5 Å². The summed E-state index contributed by atoms with van der Waals surface area (Å²) in [4.78, 5) is 42.1. The molecule has 206 valence electrons. The first kappa shape index (κ1) is 29.1. The van der Waals surface area contributed by atoms with Gasteiger partial charge >= 0.3 is 11.9 Å². The van der Waals surface area contributed by atoms with Crippen LogP contribution >= 0.6 is 0 Å². The average Bonchev–Trinajstić information content (AvgIpc) is 2.93. The third-order valence-corrected chi connectivity index (χ3v) is 6.46. The predicted molar refractivity (Wildman–Crippen MR) is 141 cm³/mol. The number of cyclic esters (lactones) is 1. The van der Waals surface area contributed by atoms with Crippen molar-refractivity contribution in [1.82, 2.24) is 10.3 Å². The van der Waals surface area contributed by atoms with Gasteiger partial charge in [-0.15, -0.1) is 0 Å². The van der Waals surface area contributed by atoms with E-state index in [2.05, 4.69) is 36.3 Å². The van der Waals surface area contributed by atoms with E-state index in [0.29, 0.717) is 38.2 Å². The van der Waals surface area contributed by atoms with Crippen LogP contribution in [0.4, 0.5) is 0 Å². The zero-order chi connectivity index (χ0) is 27.7. The molecule has 2 heterocycles. The van der Waals surface area contributed by atoms with Crippen LogP contribution < -0.4 is 14.8 Å². The van der Waals surface area contributed by atoms with Crippen molar-refractivity contribution in [3.63, 3.8) is 0 Å². The Balaban J connectivity index is 1.81. The molecule has 1 fully saturated rings. The Hall–Kier alpha value is -3.46. The standard InChI is InChI=1S/C29H38N2O7/c1-18(2)17-36-24-13-9-12-23(29(34)37-19(3)22(24)16-21-10-7-6-8-11-21)31-28(33)26-27(38-20(4)32)25(35-5)14-15-30-26/h6-8,10-11,14-15,18-19,22-24H,9,12-13,16-17H2,1-5H3,(H,31,33). The molecule has 1 aromatic heterocycles. The lowest BCUT2D eigenvalue weighted by molar-refractivity contribution is -0.155. The predicted octanol–water partition coefficient (Wildman–Crippen LogP) is 4.13. The minimum absolute atomic E-state index is 0.0508. The fraction of sp³-hybridized carbons (Fsp3) is 0.517. The van der Waals surface area contributed by atoms with Crippen molar-refractivity contribution in [2.75, 3.05) is 13.7 Å². The summed E-state index contributed by atoms with van der Waals surface area (Å²) in [5.74, 6) is -1.42. The number of esters is 2. The van der Waals surface area contributed by atoms with Crippen molar-refractivity contribution in [1.29, 1.82) is 0 Å². The monoisotopic (exact) mass is 526 g/mol. The summed E-state index contributed by atoms with van der Waals surface area (Å²) in [6, 6.07) is 10.7. The molecule has 9 nitrogen and oxygen atoms in total. The first-order valence-corrected chi connectivity index (χ1v) is 13.1. The fourth-order valence-electron chi connectivity index (χ4n) is 4.57. The first-order chi connectivity index (χ1) is 18.2. The number of amides is 1. The molecule has 38 heavy (non-hydrogen) atoms. The van der Waals surface area contributed by atoms with Crippen molar-refractivity contribution in [3.8, 4) is 11.5 Å². The highest BCUT2D eigenvalue weighted by molar-refractivity contribution is 5.98. The smallest absolute Gasteiger partial charge is 0.328 e.